The summed E-state index contributed by atoms with van der Waals surface area (Å²) in [6.45, 7) is 0. The Balaban J connectivity index is 1.85. The third-order valence-electron chi connectivity index (χ3n) is 2.77. The van der Waals surface area contributed by atoms with E-state index in [-0.39, 0.29) is 11.6 Å². The second-order valence-corrected chi connectivity index (χ2v) is 4.63. The van der Waals surface area contributed by atoms with Gasteiger partial charge in [0.25, 0.3) is 5.91 Å². The van der Waals surface area contributed by atoms with E-state index in [0.29, 0.717) is 22.1 Å². The summed E-state index contributed by atoms with van der Waals surface area (Å²) in [5.41, 5.74) is 2.13. The zero-order valence-corrected chi connectivity index (χ0v) is 11.5. The van der Waals surface area contributed by atoms with E-state index in [1.807, 2.05) is 18.2 Å². The molecule has 0 aromatic carbocycles. The standard InChI is InChI=1S/C14H10ClN5O/c15-9-4-5-11(17-7-9)14(21)19-12-8-18-20-13(12)10-3-1-2-6-16-10/h1-8H,(H,18,20)(H,19,21). The van der Waals surface area contributed by atoms with Gasteiger partial charge in [-0.05, 0) is 24.3 Å². The largest absolute Gasteiger partial charge is 0.317 e. The third kappa shape index (κ3) is 2.90. The molecular weight excluding hydrogens is 290 g/mol. The van der Waals surface area contributed by atoms with Crippen LogP contribution in [0.1, 0.15) is 10.5 Å². The van der Waals surface area contributed by atoms with Gasteiger partial charge in [-0.3, -0.25) is 14.9 Å². The average molecular weight is 300 g/mol. The summed E-state index contributed by atoms with van der Waals surface area (Å²) in [6, 6.07) is 8.66. The predicted octanol–water partition coefficient (Wildman–Crippen LogP) is 2.77. The number of amides is 1. The molecule has 104 valence electrons. The van der Waals surface area contributed by atoms with Crippen LogP contribution in [0.4, 0.5) is 5.69 Å². The number of hydrogen-bond acceptors (Lipinski definition) is 4. The molecule has 0 aliphatic rings. The number of aromatic nitrogens is 4. The van der Waals surface area contributed by atoms with Crippen molar-refractivity contribution >= 4 is 23.2 Å². The summed E-state index contributed by atoms with van der Waals surface area (Å²) in [5.74, 6) is -0.342. The van der Waals surface area contributed by atoms with Crippen LogP contribution in [-0.2, 0) is 0 Å². The quantitative estimate of drug-likeness (QED) is 0.779. The van der Waals surface area contributed by atoms with Crippen molar-refractivity contribution in [2.75, 3.05) is 5.32 Å². The Labute approximate surface area is 125 Å². The average Bonchev–Trinajstić information content (AvgIpc) is 2.97. The van der Waals surface area contributed by atoms with Crippen LogP contribution in [0.2, 0.25) is 5.02 Å². The van der Waals surface area contributed by atoms with Gasteiger partial charge in [-0.1, -0.05) is 17.7 Å². The first-order valence-corrected chi connectivity index (χ1v) is 6.49. The van der Waals surface area contributed by atoms with E-state index >= 15 is 0 Å². The molecule has 0 aliphatic carbocycles. The van der Waals surface area contributed by atoms with Gasteiger partial charge in [-0.2, -0.15) is 5.10 Å². The molecule has 21 heavy (non-hydrogen) atoms. The number of halogens is 1. The van der Waals surface area contributed by atoms with Crippen LogP contribution in [0.15, 0.2) is 48.9 Å². The maximum absolute atomic E-state index is 12.1. The Morgan fingerprint density at radius 2 is 2.05 bits per heavy atom. The lowest BCUT2D eigenvalue weighted by molar-refractivity contribution is 0.102. The molecule has 2 N–H and O–H groups in total. The highest BCUT2D eigenvalue weighted by molar-refractivity contribution is 6.30. The number of pyridine rings is 2. The molecular formula is C14H10ClN5O. The molecule has 0 saturated carbocycles. The molecule has 3 aromatic heterocycles. The predicted molar refractivity (Wildman–Crippen MR) is 79.0 cm³/mol. The summed E-state index contributed by atoms with van der Waals surface area (Å²) in [6.07, 6.45) is 4.62. The number of hydrogen-bond donors (Lipinski definition) is 2. The van der Waals surface area contributed by atoms with Crippen molar-refractivity contribution in [1.82, 2.24) is 20.2 Å². The highest BCUT2D eigenvalue weighted by Crippen LogP contribution is 2.23. The molecule has 3 aromatic rings. The van der Waals surface area contributed by atoms with Gasteiger partial charge in [-0.15, -0.1) is 0 Å². The molecule has 0 aliphatic heterocycles. The minimum absolute atomic E-state index is 0.271. The van der Waals surface area contributed by atoms with Crippen molar-refractivity contribution in [1.29, 1.82) is 0 Å². The Hall–Kier alpha value is -2.73. The lowest BCUT2D eigenvalue weighted by Gasteiger charge is -2.05. The van der Waals surface area contributed by atoms with Gasteiger partial charge in [0.1, 0.15) is 11.4 Å². The molecule has 0 saturated heterocycles. The van der Waals surface area contributed by atoms with Crippen LogP contribution >= 0.6 is 11.6 Å². The molecule has 0 unspecified atom stereocenters. The zero-order chi connectivity index (χ0) is 14.7. The van der Waals surface area contributed by atoms with Gasteiger partial charge in [0.05, 0.1) is 22.6 Å². The second kappa shape index (κ2) is 5.72. The number of nitrogens with one attached hydrogen (secondary N) is 2. The van der Waals surface area contributed by atoms with E-state index < -0.39 is 0 Å². The van der Waals surface area contributed by atoms with E-state index in [2.05, 4.69) is 25.5 Å². The molecule has 0 spiro atoms. The fourth-order valence-electron chi connectivity index (χ4n) is 1.78. The van der Waals surface area contributed by atoms with E-state index in [1.165, 1.54) is 12.4 Å². The number of rotatable bonds is 3. The molecule has 7 heteroatoms. The topological polar surface area (TPSA) is 83.6 Å². The van der Waals surface area contributed by atoms with Gasteiger partial charge in [0.15, 0.2) is 0 Å². The first-order chi connectivity index (χ1) is 10.2. The van der Waals surface area contributed by atoms with Crippen molar-refractivity contribution in [3.8, 4) is 11.4 Å². The summed E-state index contributed by atoms with van der Waals surface area (Å²) in [7, 11) is 0. The van der Waals surface area contributed by atoms with Crippen molar-refractivity contribution in [2.24, 2.45) is 0 Å². The number of nitrogens with zero attached hydrogens (tertiary/aromatic N) is 3. The number of H-pyrrole nitrogens is 1. The van der Waals surface area contributed by atoms with E-state index in [1.54, 1.807) is 18.3 Å². The third-order valence-corrected chi connectivity index (χ3v) is 2.99. The van der Waals surface area contributed by atoms with E-state index in [9.17, 15) is 4.79 Å². The number of carbonyl (C=O) groups is 1. The Morgan fingerprint density at radius 3 is 2.76 bits per heavy atom. The molecule has 0 fully saturated rings. The summed E-state index contributed by atoms with van der Waals surface area (Å²) in [4.78, 5) is 20.3. The molecule has 1 amide bonds. The normalized spacial score (nSPS) is 10.3. The fourth-order valence-corrected chi connectivity index (χ4v) is 1.90. The minimum Gasteiger partial charge on any atom is -0.317 e. The zero-order valence-electron chi connectivity index (χ0n) is 10.7. The smallest absolute Gasteiger partial charge is 0.274 e. The highest BCUT2D eigenvalue weighted by Gasteiger charge is 2.13. The maximum atomic E-state index is 12.1. The molecule has 3 heterocycles. The Bertz CT molecular complexity index is 755. The summed E-state index contributed by atoms with van der Waals surface area (Å²) in [5, 5.41) is 9.98. The first-order valence-electron chi connectivity index (χ1n) is 6.12. The van der Waals surface area contributed by atoms with Gasteiger partial charge in [0, 0.05) is 12.4 Å². The molecule has 3 rings (SSSR count). The van der Waals surface area contributed by atoms with Crippen molar-refractivity contribution in [3.05, 3.63) is 59.6 Å². The molecule has 0 atom stereocenters. The van der Waals surface area contributed by atoms with Gasteiger partial charge >= 0.3 is 0 Å². The van der Waals surface area contributed by atoms with Crippen molar-refractivity contribution in [2.45, 2.75) is 0 Å². The Morgan fingerprint density at radius 1 is 1.14 bits per heavy atom. The van der Waals surface area contributed by atoms with Crippen LogP contribution in [-0.4, -0.2) is 26.1 Å². The van der Waals surface area contributed by atoms with Crippen molar-refractivity contribution in [3.63, 3.8) is 0 Å². The van der Waals surface area contributed by atoms with Gasteiger partial charge in [-0.25, -0.2) is 4.98 Å². The number of anilines is 1. The highest BCUT2D eigenvalue weighted by atomic mass is 35.5. The SMILES string of the molecule is O=C(Nc1cn[nH]c1-c1ccccn1)c1ccc(Cl)cn1. The lowest BCUT2D eigenvalue weighted by atomic mass is 10.2. The van der Waals surface area contributed by atoms with Gasteiger partial charge in [0.2, 0.25) is 0 Å². The maximum Gasteiger partial charge on any atom is 0.274 e. The minimum atomic E-state index is -0.342. The van der Waals surface area contributed by atoms with E-state index in [0.717, 1.165) is 0 Å². The van der Waals surface area contributed by atoms with E-state index in [4.69, 9.17) is 11.6 Å². The summed E-state index contributed by atoms with van der Waals surface area (Å²) >= 11 is 5.75. The lowest BCUT2D eigenvalue weighted by Crippen LogP contribution is -2.13. The van der Waals surface area contributed by atoms with Gasteiger partial charge < -0.3 is 5.32 Å². The van der Waals surface area contributed by atoms with Crippen LogP contribution in [0, 0.1) is 0 Å². The van der Waals surface area contributed by atoms with Crippen molar-refractivity contribution < 1.29 is 4.79 Å². The number of carbonyl (C=O) groups excluding carboxylic acids is 1. The monoisotopic (exact) mass is 299 g/mol. The number of aromatic amines is 1. The fraction of sp³-hybridized carbons (Fsp3) is 0. The first kappa shape index (κ1) is 13.3. The van der Waals surface area contributed by atoms with Crippen LogP contribution in [0.3, 0.4) is 0 Å². The van der Waals surface area contributed by atoms with Crippen LogP contribution in [0.5, 0.6) is 0 Å². The second-order valence-electron chi connectivity index (χ2n) is 4.19. The van der Waals surface area contributed by atoms with Crippen LogP contribution in [0.25, 0.3) is 11.4 Å². The molecule has 0 radical (unpaired) electrons. The van der Waals surface area contributed by atoms with Crippen LogP contribution < -0.4 is 5.32 Å². The molecule has 6 nitrogen and oxygen atoms in total. The summed E-state index contributed by atoms with van der Waals surface area (Å²) < 4.78 is 0. The molecule has 0 bridgehead atoms. The Kier molecular flexibility index (Phi) is 3.61.